The topological polar surface area (TPSA) is 44.9 Å². The zero-order valence-corrected chi connectivity index (χ0v) is 12.1. The second-order valence-corrected chi connectivity index (χ2v) is 5.30. The second kappa shape index (κ2) is 6.72. The molecule has 19 heavy (non-hydrogen) atoms. The summed E-state index contributed by atoms with van der Waals surface area (Å²) in [6.45, 7) is 6.55. The van der Waals surface area contributed by atoms with Crippen molar-refractivity contribution >= 4 is 0 Å². The molecule has 0 N–H and O–H groups in total. The largest absolute Gasteiger partial charge is 0.282 e. The SMILES string of the molecule is CCc1cc(CN(CC#N)C2CCCC2)n(CC)n1. The Hall–Kier alpha value is -1.34. The van der Waals surface area contributed by atoms with Crippen LogP contribution in [0.1, 0.15) is 50.9 Å². The van der Waals surface area contributed by atoms with Gasteiger partial charge in [-0.2, -0.15) is 10.4 Å². The molecular formula is C15H24N4. The van der Waals surface area contributed by atoms with E-state index in [2.05, 4.69) is 40.7 Å². The molecule has 1 saturated carbocycles. The van der Waals surface area contributed by atoms with Crippen LogP contribution in [0.15, 0.2) is 6.07 Å². The zero-order valence-electron chi connectivity index (χ0n) is 12.1. The van der Waals surface area contributed by atoms with Crippen molar-refractivity contribution in [3.05, 3.63) is 17.5 Å². The van der Waals surface area contributed by atoms with Gasteiger partial charge in [-0.1, -0.05) is 19.8 Å². The van der Waals surface area contributed by atoms with Gasteiger partial charge in [0.1, 0.15) is 0 Å². The van der Waals surface area contributed by atoms with E-state index < -0.39 is 0 Å². The maximum Gasteiger partial charge on any atom is 0.0871 e. The fraction of sp³-hybridized carbons (Fsp3) is 0.733. The van der Waals surface area contributed by atoms with Crippen LogP contribution in [0.2, 0.25) is 0 Å². The summed E-state index contributed by atoms with van der Waals surface area (Å²) in [4.78, 5) is 2.33. The minimum atomic E-state index is 0.529. The molecule has 4 heteroatoms. The molecule has 0 unspecified atom stereocenters. The number of aromatic nitrogens is 2. The Morgan fingerprint density at radius 3 is 2.74 bits per heavy atom. The minimum absolute atomic E-state index is 0.529. The van der Waals surface area contributed by atoms with Gasteiger partial charge >= 0.3 is 0 Å². The first-order valence-electron chi connectivity index (χ1n) is 7.45. The van der Waals surface area contributed by atoms with E-state index >= 15 is 0 Å². The van der Waals surface area contributed by atoms with Crippen molar-refractivity contribution in [2.45, 2.75) is 65.1 Å². The Morgan fingerprint density at radius 2 is 2.16 bits per heavy atom. The molecule has 0 aliphatic heterocycles. The molecule has 1 aliphatic rings. The molecule has 1 heterocycles. The van der Waals surface area contributed by atoms with E-state index in [1.807, 2.05) is 0 Å². The van der Waals surface area contributed by atoms with Gasteiger partial charge in [0.15, 0.2) is 0 Å². The van der Waals surface area contributed by atoms with E-state index in [1.54, 1.807) is 0 Å². The Bertz CT molecular complexity index is 437. The summed E-state index contributed by atoms with van der Waals surface area (Å²) in [6, 6.07) is 5.10. The molecular weight excluding hydrogens is 236 g/mol. The van der Waals surface area contributed by atoms with Crippen LogP contribution < -0.4 is 0 Å². The molecule has 1 fully saturated rings. The van der Waals surface area contributed by atoms with E-state index in [0.717, 1.165) is 25.2 Å². The summed E-state index contributed by atoms with van der Waals surface area (Å²) in [5.41, 5.74) is 2.40. The number of hydrogen-bond donors (Lipinski definition) is 0. The quantitative estimate of drug-likeness (QED) is 0.739. The fourth-order valence-electron chi connectivity index (χ4n) is 2.97. The summed E-state index contributed by atoms with van der Waals surface area (Å²) in [6.07, 6.45) is 6.06. The first-order valence-corrected chi connectivity index (χ1v) is 7.45. The van der Waals surface area contributed by atoms with E-state index in [0.29, 0.717) is 12.6 Å². The molecule has 0 aromatic carbocycles. The lowest BCUT2D eigenvalue weighted by Gasteiger charge is -2.26. The van der Waals surface area contributed by atoms with Crippen LogP contribution in [-0.4, -0.2) is 27.3 Å². The highest BCUT2D eigenvalue weighted by Crippen LogP contribution is 2.24. The summed E-state index contributed by atoms with van der Waals surface area (Å²) in [5, 5.41) is 13.6. The van der Waals surface area contributed by atoms with Crippen molar-refractivity contribution in [2.75, 3.05) is 6.54 Å². The van der Waals surface area contributed by atoms with Gasteiger partial charge in [0, 0.05) is 19.1 Å². The molecule has 1 aromatic heterocycles. The van der Waals surface area contributed by atoms with Crippen LogP contribution in [0.5, 0.6) is 0 Å². The van der Waals surface area contributed by atoms with Gasteiger partial charge in [-0.25, -0.2) is 0 Å². The van der Waals surface area contributed by atoms with Crippen LogP contribution in [0, 0.1) is 11.3 Å². The predicted molar refractivity (Wildman–Crippen MR) is 75.6 cm³/mol. The van der Waals surface area contributed by atoms with Gasteiger partial charge < -0.3 is 0 Å². The van der Waals surface area contributed by atoms with Gasteiger partial charge in [0.25, 0.3) is 0 Å². The molecule has 0 spiro atoms. The van der Waals surface area contributed by atoms with Crippen molar-refractivity contribution in [2.24, 2.45) is 0 Å². The van der Waals surface area contributed by atoms with Crippen LogP contribution in [0.4, 0.5) is 0 Å². The van der Waals surface area contributed by atoms with Gasteiger partial charge in [0.2, 0.25) is 0 Å². The number of nitriles is 1. The maximum absolute atomic E-state index is 9.04. The summed E-state index contributed by atoms with van der Waals surface area (Å²) >= 11 is 0. The van der Waals surface area contributed by atoms with Crippen LogP contribution in [0.25, 0.3) is 0 Å². The van der Waals surface area contributed by atoms with Crippen molar-refractivity contribution in [3.8, 4) is 6.07 Å². The van der Waals surface area contributed by atoms with Crippen LogP contribution >= 0.6 is 0 Å². The lowest BCUT2D eigenvalue weighted by atomic mass is 10.2. The highest BCUT2D eigenvalue weighted by molar-refractivity contribution is 5.11. The Balaban J connectivity index is 2.11. The lowest BCUT2D eigenvalue weighted by molar-refractivity contribution is 0.208. The van der Waals surface area contributed by atoms with E-state index in [1.165, 1.54) is 31.4 Å². The standard InChI is InChI=1S/C15H24N4/c1-3-13-11-15(19(4-2)17-13)12-18(10-9-16)14-7-5-6-8-14/h11,14H,3-8,10,12H2,1-2H3. The monoisotopic (exact) mass is 260 g/mol. The average molecular weight is 260 g/mol. The number of nitrogens with zero attached hydrogens (tertiary/aromatic N) is 4. The van der Waals surface area contributed by atoms with Crippen molar-refractivity contribution in [1.82, 2.24) is 14.7 Å². The van der Waals surface area contributed by atoms with Crippen molar-refractivity contribution < 1.29 is 0 Å². The number of aryl methyl sites for hydroxylation is 2. The smallest absolute Gasteiger partial charge is 0.0871 e. The molecule has 104 valence electrons. The summed E-state index contributed by atoms with van der Waals surface area (Å²) < 4.78 is 2.08. The summed E-state index contributed by atoms with van der Waals surface area (Å²) in [5.74, 6) is 0. The summed E-state index contributed by atoms with van der Waals surface area (Å²) in [7, 11) is 0. The average Bonchev–Trinajstić information content (AvgIpc) is 3.07. The molecule has 0 bridgehead atoms. The molecule has 1 aliphatic carbocycles. The normalized spacial score (nSPS) is 16.1. The lowest BCUT2D eigenvalue weighted by Crippen LogP contribution is -2.33. The van der Waals surface area contributed by atoms with Gasteiger partial charge in [-0.15, -0.1) is 0 Å². The molecule has 1 aromatic rings. The molecule has 0 saturated heterocycles. The Kier molecular flexibility index (Phi) is 4.98. The first-order chi connectivity index (χ1) is 9.28. The van der Waals surface area contributed by atoms with E-state index in [9.17, 15) is 0 Å². The van der Waals surface area contributed by atoms with Gasteiger partial charge in [0.05, 0.1) is 24.0 Å². The third-order valence-electron chi connectivity index (χ3n) is 4.06. The molecule has 0 atom stereocenters. The van der Waals surface area contributed by atoms with Crippen molar-refractivity contribution in [3.63, 3.8) is 0 Å². The first kappa shape index (κ1) is 14.1. The Labute approximate surface area is 116 Å². The number of hydrogen-bond acceptors (Lipinski definition) is 3. The molecule has 4 nitrogen and oxygen atoms in total. The fourth-order valence-corrected chi connectivity index (χ4v) is 2.97. The van der Waals surface area contributed by atoms with Crippen LogP contribution in [-0.2, 0) is 19.5 Å². The second-order valence-electron chi connectivity index (χ2n) is 5.30. The molecule has 0 radical (unpaired) electrons. The highest BCUT2D eigenvalue weighted by Gasteiger charge is 2.23. The van der Waals surface area contributed by atoms with Crippen LogP contribution in [0.3, 0.4) is 0 Å². The maximum atomic E-state index is 9.04. The molecule has 2 rings (SSSR count). The van der Waals surface area contributed by atoms with Gasteiger partial charge in [-0.3, -0.25) is 9.58 Å². The highest BCUT2D eigenvalue weighted by atomic mass is 15.3. The van der Waals surface area contributed by atoms with E-state index in [4.69, 9.17) is 5.26 Å². The van der Waals surface area contributed by atoms with Gasteiger partial charge in [-0.05, 0) is 32.3 Å². The minimum Gasteiger partial charge on any atom is -0.282 e. The Morgan fingerprint density at radius 1 is 1.42 bits per heavy atom. The third kappa shape index (κ3) is 3.36. The zero-order chi connectivity index (χ0) is 13.7. The number of rotatable bonds is 6. The predicted octanol–water partition coefficient (Wildman–Crippen LogP) is 2.73. The van der Waals surface area contributed by atoms with Crippen molar-refractivity contribution in [1.29, 1.82) is 5.26 Å². The third-order valence-corrected chi connectivity index (χ3v) is 4.06. The molecule has 0 amide bonds. The van der Waals surface area contributed by atoms with E-state index in [-0.39, 0.29) is 0 Å².